The Morgan fingerprint density at radius 1 is 1.20 bits per heavy atom. The molecule has 7 nitrogen and oxygen atoms in total. The Hall–Kier alpha value is -2.96. The minimum absolute atomic E-state index is 0.0507. The van der Waals surface area contributed by atoms with Crippen molar-refractivity contribution in [1.82, 2.24) is 9.78 Å². The number of nitrogens with zero attached hydrogens (tertiary/aromatic N) is 2. The molecule has 1 aromatic heterocycles. The number of Topliss-reactive ketones (excluding diaryl/α,β-unsaturated/α-hetero) is 1. The molecule has 0 spiro atoms. The quantitative estimate of drug-likeness (QED) is 0.565. The molecule has 0 aliphatic rings. The number of rotatable bonds is 7. The van der Waals surface area contributed by atoms with Gasteiger partial charge in [0.25, 0.3) is 5.56 Å². The first-order valence-electron chi connectivity index (χ1n) is 7.89. The number of esters is 1. The van der Waals surface area contributed by atoms with E-state index in [2.05, 4.69) is 5.10 Å². The summed E-state index contributed by atoms with van der Waals surface area (Å²) in [4.78, 5) is 35.3. The molecule has 0 bridgehead atoms. The van der Waals surface area contributed by atoms with Gasteiger partial charge in [0.15, 0.2) is 11.5 Å². The zero-order chi connectivity index (χ0) is 18.4. The van der Waals surface area contributed by atoms with E-state index in [-0.39, 0.29) is 23.6 Å². The number of hydrogen-bond acceptors (Lipinski definition) is 6. The van der Waals surface area contributed by atoms with Crippen molar-refractivity contribution in [3.05, 3.63) is 57.5 Å². The van der Waals surface area contributed by atoms with Crippen LogP contribution in [0.25, 0.3) is 0 Å². The first-order valence-corrected chi connectivity index (χ1v) is 7.89. The van der Waals surface area contributed by atoms with Crippen LogP contribution in [0, 0.1) is 0 Å². The van der Waals surface area contributed by atoms with Crippen molar-refractivity contribution in [2.45, 2.75) is 33.4 Å². The normalized spacial score (nSPS) is 10.4. The van der Waals surface area contributed by atoms with Gasteiger partial charge in [0.05, 0.1) is 7.11 Å². The van der Waals surface area contributed by atoms with E-state index in [1.54, 1.807) is 18.2 Å². The predicted molar refractivity (Wildman–Crippen MR) is 90.9 cm³/mol. The summed E-state index contributed by atoms with van der Waals surface area (Å²) in [6.45, 7) is 3.72. The van der Waals surface area contributed by atoms with E-state index >= 15 is 0 Å². The summed E-state index contributed by atoms with van der Waals surface area (Å²) < 4.78 is 11.7. The highest BCUT2D eigenvalue weighted by Crippen LogP contribution is 2.21. The molecule has 2 rings (SSSR count). The van der Waals surface area contributed by atoms with Gasteiger partial charge in [-0.25, -0.2) is 9.48 Å². The van der Waals surface area contributed by atoms with E-state index in [1.165, 1.54) is 30.8 Å². The van der Waals surface area contributed by atoms with Gasteiger partial charge in [-0.2, -0.15) is 5.10 Å². The first-order chi connectivity index (χ1) is 12.0. The average Bonchev–Trinajstić information content (AvgIpc) is 2.61. The lowest BCUT2D eigenvalue weighted by Crippen LogP contribution is -2.24. The summed E-state index contributed by atoms with van der Waals surface area (Å²) in [5.74, 6) is -0.231. The second-order valence-electron chi connectivity index (χ2n) is 5.44. The third-order valence-corrected chi connectivity index (χ3v) is 3.56. The summed E-state index contributed by atoms with van der Waals surface area (Å²) in [5, 5.41) is 4.01. The fourth-order valence-corrected chi connectivity index (χ4v) is 2.26. The molecular formula is C18H20N2O5. The minimum atomic E-state index is -0.653. The molecule has 1 heterocycles. The van der Waals surface area contributed by atoms with E-state index in [9.17, 15) is 14.4 Å². The number of ether oxygens (including phenoxy) is 2. The van der Waals surface area contributed by atoms with E-state index in [0.29, 0.717) is 23.4 Å². The van der Waals surface area contributed by atoms with E-state index in [4.69, 9.17) is 9.47 Å². The van der Waals surface area contributed by atoms with Crippen LogP contribution in [0.2, 0.25) is 0 Å². The Kier molecular flexibility index (Phi) is 6.05. The van der Waals surface area contributed by atoms with Gasteiger partial charge in [-0.3, -0.25) is 9.59 Å². The van der Waals surface area contributed by atoms with Gasteiger partial charge >= 0.3 is 5.97 Å². The molecule has 7 heteroatoms. The van der Waals surface area contributed by atoms with E-state index in [1.807, 2.05) is 6.92 Å². The second kappa shape index (κ2) is 8.23. The maximum absolute atomic E-state index is 12.2. The molecule has 0 atom stereocenters. The lowest BCUT2D eigenvalue weighted by molar-refractivity contribution is 0.0460. The molecule has 25 heavy (non-hydrogen) atoms. The van der Waals surface area contributed by atoms with Gasteiger partial charge in [0.1, 0.15) is 12.4 Å². The zero-order valence-electron chi connectivity index (χ0n) is 14.4. The number of ketones is 1. The van der Waals surface area contributed by atoms with Crippen LogP contribution in [0.5, 0.6) is 5.75 Å². The molecule has 0 aliphatic heterocycles. The highest BCUT2D eigenvalue weighted by atomic mass is 16.5. The average molecular weight is 344 g/mol. The highest BCUT2D eigenvalue weighted by molar-refractivity contribution is 5.94. The molecule has 0 unspecified atom stereocenters. The SMILES string of the molecule is CCCn1nc(C(=O)OCc2cc(C(C)=O)ccc2OC)ccc1=O. The van der Waals surface area contributed by atoms with Gasteiger partial charge in [0, 0.05) is 23.7 Å². The Morgan fingerprint density at radius 3 is 2.60 bits per heavy atom. The lowest BCUT2D eigenvalue weighted by Gasteiger charge is -2.11. The van der Waals surface area contributed by atoms with Crippen molar-refractivity contribution in [3.8, 4) is 5.75 Å². The third kappa shape index (κ3) is 4.53. The van der Waals surface area contributed by atoms with Crippen molar-refractivity contribution >= 4 is 11.8 Å². The molecule has 0 saturated heterocycles. The van der Waals surface area contributed by atoms with Gasteiger partial charge < -0.3 is 9.47 Å². The second-order valence-corrected chi connectivity index (χ2v) is 5.44. The van der Waals surface area contributed by atoms with Crippen molar-refractivity contribution in [3.63, 3.8) is 0 Å². The number of hydrogen-bond donors (Lipinski definition) is 0. The molecule has 2 aromatic rings. The summed E-state index contributed by atoms with van der Waals surface area (Å²) in [5.41, 5.74) is 0.857. The van der Waals surface area contributed by atoms with Crippen molar-refractivity contribution in [2.75, 3.05) is 7.11 Å². The maximum Gasteiger partial charge on any atom is 0.359 e. The van der Waals surface area contributed by atoms with Crippen LogP contribution in [0.4, 0.5) is 0 Å². The topological polar surface area (TPSA) is 87.5 Å². The number of aromatic nitrogens is 2. The Balaban J connectivity index is 2.17. The zero-order valence-corrected chi connectivity index (χ0v) is 14.4. The van der Waals surface area contributed by atoms with E-state index < -0.39 is 5.97 Å². The minimum Gasteiger partial charge on any atom is -0.496 e. The van der Waals surface area contributed by atoms with Gasteiger partial charge in [-0.05, 0) is 37.6 Å². The molecule has 0 aliphatic carbocycles. The standard InChI is InChI=1S/C18H20N2O5/c1-4-9-20-17(22)8-6-15(19-20)18(23)25-11-14-10-13(12(2)21)5-7-16(14)24-3/h5-8,10H,4,9,11H2,1-3H3. The van der Waals surface area contributed by atoms with E-state index in [0.717, 1.165) is 6.42 Å². The van der Waals surface area contributed by atoms with Crippen LogP contribution in [0.1, 0.15) is 46.7 Å². The largest absolute Gasteiger partial charge is 0.496 e. The van der Waals surface area contributed by atoms with Crippen molar-refractivity contribution < 1.29 is 19.1 Å². The Labute approximate surface area is 145 Å². The number of methoxy groups -OCH3 is 1. The molecule has 0 N–H and O–H groups in total. The van der Waals surface area contributed by atoms with Crippen LogP contribution in [0.3, 0.4) is 0 Å². The lowest BCUT2D eigenvalue weighted by atomic mass is 10.1. The highest BCUT2D eigenvalue weighted by Gasteiger charge is 2.14. The Bertz CT molecular complexity index is 842. The van der Waals surface area contributed by atoms with Crippen LogP contribution in [0.15, 0.2) is 35.1 Å². The first kappa shape index (κ1) is 18.4. The molecule has 0 fully saturated rings. The van der Waals surface area contributed by atoms with Crippen LogP contribution < -0.4 is 10.3 Å². The van der Waals surface area contributed by atoms with Gasteiger partial charge in [0.2, 0.25) is 0 Å². The molecule has 132 valence electrons. The number of benzene rings is 1. The summed E-state index contributed by atoms with van der Waals surface area (Å²) in [7, 11) is 1.50. The fraction of sp³-hybridized carbons (Fsp3) is 0.333. The molecule has 0 radical (unpaired) electrons. The van der Waals surface area contributed by atoms with Crippen molar-refractivity contribution in [2.24, 2.45) is 0 Å². The number of carbonyl (C=O) groups excluding carboxylic acids is 2. The molecule has 0 amide bonds. The summed E-state index contributed by atoms with van der Waals surface area (Å²) in [6, 6.07) is 7.55. The van der Waals surface area contributed by atoms with Crippen LogP contribution >= 0.6 is 0 Å². The Morgan fingerprint density at radius 2 is 1.96 bits per heavy atom. The predicted octanol–water partition coefficient (Wildman–Crippen LogP) is 2.22. The van der Waals surface area contributed by atoms with Gasteiger partial charge in [-0.15, -0.1) is 0 Å². The molecule has 1 aromatic carbocycles. The maximum atomic E-state index is 12.2. The third-order valence-electron chi connectivity index (χ3n) is 3.56. The van der Waals surface area contributed by atoms with Crippen LogP contribution in [-0.4, -0.2) is 28.6 Å². The van der Waals surface area contributed by atoms with Crippen LogP contribution in [-0.2, 0) is 17.9 Å². The summed E-state index contributed by atoms with van der Waals surface area (Å²) >= 11 is 0. The monoisotopic (exact) mass is 344 g/mol. The smallest absolute Gasteiger partial charge is 0.359 e. The molecule has 0 saturated carbocycles. The molecular weight excluding hydrogens is 324 g/mol. The number of carbonyl (C=O) groups is 2. The van der Waals surface area contributed by atoms with Gasteiger partial charge in [-0.1, -0.05) is 6.92 Å². The van der Waals surface area contributed by atoms with Crippen molar-refractivity contribution in [1.29, 1.82) is 0 Å². The fourth-order valence-electron chi connectivity index (χ4n) is 2.26. The number of aryl methyl sites for hydroxylation is 1. The summed E-state index contributed by atoms with van der Waals surface area (Å²) in [6.07, 6.45) is 0.723.